The SMILES string of the molecule is O=C(O)C1CCN(C(=O)Nc2ccnn2Cc2ccc(Cl)cc2Cl)CC1. The Kier molecular flexibility index (Phi) is 5.68. The maximum atomic E-state index is 12.4. The molecule has 2 amide bonds. The zero-order chi connectivity index (χ0) is 18.7. The standard InChI is InChI=1S/C17H18Cl2N4O3/c18-13-2-1-12(14(19)9-13)10-23-15(3-6-20-23)21-17(26)22-7-4-11(5-8-22)16(24)25/h1-3,6,9,11H,4-5,7-8,10H2,(H,21,26)(H,24,25). The monoisotopic (exact) mass is 396 g/mol. The summed E-state index contributed by atoms with van der Waals surface area (Å²) in [5.74, 6) is -0.638. The summed E-state index contributed by atoms with van der Waals surface area (Å²) < 4.78 is 1.64. The van der Waals surface area contributed by atoms with Crippen molar-refractivity contribution in [1.82, 2.24) is 14.7 Å². The van der Waals surface area contributed by atoms with Crippen LogP contribution in [0.15, 0.2) is 30.5 Å². The minimum atomic E-state index is -0.803. The van der Waals surface area contributed by atoms with Crippen LogP contribution in [0.25, 0.3) is 0 Å². The zero-order valence-corrected chi connectivity index (χ0v) is 15.4. The number of aliphatic carboxylic acids is 1. The fraction of sp³-hybridized carbons (Fsp3) is 0.353. The number of urea groups is 1. The van der Waals surface area contributed by atoms with Crippen LogP contribution in [0.1, 0.15) is 18.4 Å². The van der Waals surface area contributed by atoms with Gasteiger partial charge >= 0.3 is 12.0 Å². The number of rotatable bonds is 4. The minimum absolute atomic E-state index is 0.266. The van der Waals surface area contributed by atoms with Gasteiger partial charge in [0.2, 0.25) is 0 Å². The molecule has 26 heavy (non-hydrogen) atoms. The summed E-state index contributed by atoms with van der Waals surface area (Å²) in [6.07, 6.45) is 2.51. The van der Waals surface area contributed by atoms with E-state index < -0.39 is 5.97 Å². The third-order valence-electron chi connectivity index (χ3n) is 4.42. The number of carbonyl (C=O) groups is 2. The molecule has 0 aliphatic carbocycles. The molecule has 2 aromatic rings. The number of likely N-dealkylation sites (tertiary alicyclic amines) is 1. The molecule has 9 heteroatoms. The lowest BCUT2D eigenvalue weighted by atomic mass is 9.97. The van der Waals surface area contributed by atoms with Gasteiger partial charge in [-0.25, -0.2) is 9.48 Å². The van der Waals surface area contributed by atoms with Gasteiger partial charge in [-0.2, -0.15) is 5.10 Å². The zero-order valence-electron chi connectivity index (χ0n) is 13.9. The quantitative estimate of drug-likeness (QED) is 0.826. The van der Waals surface area contributed by atoms with Crippen LogP contribution in [0.2, 0.25) is 10.0 Å². The van der Waals surface area contributed by atoms with Crippen molar-refractivity contribution in [2.24, 2.45) is 5.92 Å². The van der Waals surface area contributed by atoms with Crippen LogP contribution in [0, 0.1) is 5.92 Å². The third kappa shape index (κ3) is 4.28. The number of carboxylic acid groups (broad SMARTS) is 1. The number of carboxylic acids is 1. The van der Waals surface area contributed by atoms with Crippen LogP contribution in [0.4, 0.5) is 10.6 Å². The molecule has 1 saturated heterocycles. The van der Waals surface area contributed by atoms with Crippen molar-refractivity contribution in [2.45, 2.75) is 19.4 Å². The minimum Gasteiger partial charge on any atom is -0.481 e. The summed E-state index contributed by atoms with van der Waals surface area (Å²) in [7, 11) is 0. The highest BCUT2D eigenvalue weighted by Crippen LogP contribution is 2.23. The van der Waals surface area contributed by atoms with Crippen molar-refractivity contribution in [2.75, 3.05) is 18.4 Å². The Morgan fingerprint density at radius 2 is 1.96 bits per heavy atom. The van der Waals surface area contributed by atoms with E-state index in [-0.39, 0.29) is 11.9 Å². The first kappa shape index (κ1) is 18.5. The lowest BCUT2D eigenvalue weighted by Gasteiger charge is -2.30. The van der Waals surface area contributed by atoms with Crippen molar-refractivity contribution in [1.29, 1.82) is 0 Å². The number of piperidine rings is 1. The van der Waals surface area contributed by atoms with Crippen molar-refractivity contribution < 1.29 is 14.7 Å². The topological polar surface area (TPSA) is 87.5 Å². The molecule has 2 heterocycles. The van der Waals surface area contributed by atoms with Gasteiger partial charge in [0.1, 0.15) is 5.82 Å². The van der Waals surface area contributed by atoms with Gasteiger partial charge in [-0.15, -0.1) is 0 Å². The molecule has 1 aliphatic heterocycles. The van der Waals surface area contributed by atoms with E-state index >= 15 is 0 Å². The largest absolute Gasteiger partial charge is 0.481 e. The van der Waals surface area contributed by atoms with Crippen molar-refractivity contribution in [3.8, 4) is 0 Å². The molecule has 0 unspecified atom stereocenters. The second-order valence-corrected chi connectivity index (χ2v) is 6.98. The highest BCUT2D eigenvalue weighted by Gasteiger charge is 2.27. The normalized spacial score (nSPS) is 15.1. The van der Waals surface area contributed by atoms with Gasteiger partial charge in [-0.05, 0) is 30.5 Å². The van der Waals surface area contributed by atoms with Crippen molar-refractivity contribution in [3.05, 3.63) is 46.1 Å². The molecule has 1 fully saturated rings. The number of halogens is 2. The van der Waals surface area contributed by atoms with Gasteiger partial charge in [0.15, 0.2) is 0 Å². The summed E-state index contributed by atoms with van der Waals surface area (Å²) in [6, 6.07) is 6.65. The van der Waals surface area contributed by atoms with Gasteiger partial charge in [0.05, 0.1) is 18.7 Å². The summed E-state index contributed by atoms with van der Waals surface area (Å²) in [5, 5.41) is 17.2. The van der Waals surface area contributed by atoms with Crippen molar-refractivity contribution >= 4 is 41.0 Å². The number of aromatic nitrogens is 2. The molecule has 0 spiro atoms. The number of nitrogens with one attached hydrogen (secondary N) is 1. The molecule has 1 aromatic heterocycles. The molecular weight excluding hydrogens is 379 g/mol. The predicted octanol–water partition coefficient (Wildman–Crippen LogP) is 3.57. The molecule has 1 aromatic carbocycles. The number of anilines is 1. The molecule has 0 atom stereocenters. The van der Waals surface area contributed by atoms with E-state index in [1.807, 2.05) is 6.07 Å². The maximum Gasteiger partial charge on any atom is 0.322 e. The van der Waals surface area contributed by atoms with Gasteiger partial charge in [0.25, 0.3) is 0 Å². The Morgan fingerprint density at radius 3 is 2.62 bits per heavy atom. The summed E-state index contributed by atoms with van der Waals surface area (Å²) >= 11 is 12.1. The van der Waals surface area contributed by atoms with Crippen LogP contribution in [-0.2, 0) is 11.3 Å². The second kappa shape index (κ2) is 7.97. The molecule has 1 aliphatic rings. The first-order chi connectivity index (χ1) is 12.4. The maximum absolute atomic E-state index is 12.4. The van der Waals surface area contributed by atoms with E-state index in [9.17, 15) is 9.59 Å². The summed E-state index contributed by atoms with van der Waals surface area (Å²) in [5.41, 5.74) is 0.831. The Labute approximate surface area is 160 Å². The van der Waals surface area contributed by atoms with E-state index in [0.29, 0.717) is 48.3 Å². The molecule has 2 N–H and O–H groups in total. The molecule has 3 rings (SSSR count). The number of hydrogen-bond acceptors (Lipinski definition) is 3. The van der Waals surface area contributed by atoms with E-state index in [4.69, 9.17) is 28.3 Å². The van der Waals surface area contributed by atoms with E-state index in [0.717, 1.165) is 5.56 Å². The number of hydrogen-bond donors (Lipinski definition) is 2. The fourth-order valence-corrected chi connectivity index (χ4v) is 3.36. The lowest BCUT2D eigenvalue weighted by Crippen LogP contribution is -2.42. The number of amides is 2. The number of benzene rings is 1. The van der Waals surface area contributed by atoms with Crippen LogP contribution < -0.4 is 5.32 Å². The lowest BCUT2D eigenvalue weighted by molar-refractivity contribution is -0.143. The van der Waals surface area contributed by atoms with Gasteiger partial charge in [0, 0.05) is 29.2 Å². The predicted molar refractivity (Wildman–Crippen MR) is 98.7 cm³/mol. The molecule has 0 radical (unpaired) electrons. The molecule has 7 nitrogen and oxygen atoms in total. The van der Waals surface area contributed by atoms with E-state index in [1.165, 1.54) is 0 Å². The average molecular weight is 397 g/mol. The average Bonchev–Trinajstić information content (AvgIpc) is 3.04. The Balaban J connectivity index is 1.64. The van der Waals surface area contributed by atoms with Crippen molar-refractivity contribution in [3.63, 3.8) is 0 Å². The third-order valence-corrected chi connectivity index (χ3v) is 5.01. The van der Waals surface area contributed by atoms with Crippen LogP contribution in [0.5, 0.6) is 0 Å². The second-order valence-electron chi connectivity index (χ2n) is 6.14. The van der Waals surface area contributed by atoms with Crippen LogP contribution in [-0.4, -0.2) is 44.9 Å². The van der Waals surface area contributed by atoms with Gasteiger partial charge in [-0.3, -0.25) is 10.1 Å². The molecular formula is C17H18Cl2N4O3. The Hall–Kier alpha value is -2.25. The van der Waals surface area contributed by atoms with Gasteiger partial charge in [-0.1, -0.05) is 29.3 Å². The highest BCUT2D eigenvalue weighted by atomic mass is 35.5. The smallest absolute Gasteiger partial charge is 0.322 e. The summed E-state index contributed by atoms with van der Waals surface area (Å²) in [4.78, 5) is 25.1. The molecule has 0 bridgehead atoms. The Bertz CT molecular complexity index is 816. The van der Waals surface area contributed by atoms with Crippen LogP contribution >= 0.6 is 23.2 Å². The first-order valence-electron chi connectivity index (χ1n) is 8.18. The number of nitrogens with zero attached hydrogens (tertiary/aromatic N) is 3. The van der Waals surface area contributed by atoms with E-state index in [1.54, 1.807) is 34.0 Å². The summed E-state index contributed by atoms with van der Waals surface area (Å²) in [6.45, 7) is 1.22. The highest BCUT2D eigenvalue weighted by molar-refractivity contribution is 6.35. The number of carbonyl (C=O) groups excluding carboxylic acids is 1. The first-order valence-corrected chi connectivity index (χ1v) is 8.94. The van der Waals surface area contributed by atoms with Crippen LogP contribution in [0.3, 0.4) is 0 Å². The molecule has 0 saturated carbocycles. The molecule has 138 valence electrons. The van der Waals surface area contributed by atoms with E-state index in [2.05, 4.69) is 10.4 Å². The Morgan fingerprint density at radius 1 is 1.23 bits per heavy atom. The fourth-order valence-electron chi connectivity index (χ4n) is 2.89. The van der Waals surface area contributed by atoms with Gasteiger partial charge < -0.3 is 10.0 Å².